The molecule has 0 aliphatic heterocycles. The van der Waals surface area contributed by atoms with Crippen LogP contribution >= 0.6 is 11.3 Å². The van der Waals surface area contributed by atoms with Gasteiger partial charge in [0.25, 0.3) is 5.56 Å². The molecule has 0 saturated carbocycles. The van der Waals surface area contributed by atoms with Crippen LogP contribution in [0.2, 0.25) is 0 Å². The summed E-state index contributed by atoms with van der Waals surface area (Å²) in [4.78, 5) is 26.2. The van der Waals surface area contributed by atoms with Gasteiger partial charge in [0.15, 0.2) is 0 Å². The Labute approximate surface area is 173 Å². The average Bonchev–Trinajstić information content (AvgIpc) is 3.26. The number of carbonyl (C=O) groups excluding carboxylic acids is 1. The predicted molar refractivity (Wildman–Crippen MR) is 111 cm³/mol. The minimum absolute atomic E-state index is 0.0176. The average molecular weight is 427 g/mol. The first-order chi connectivity index (χ1) is 14.5. The summed E-state index contributed by atoms with van der Waals surface area (Å²) >= 11 is 1.49. The second kappa shape index (κ2) is 8.42. The molecule has 4 rings (SSSR count). The van der Waals surface area contributed by atoms with E-state index in [4.69, 9.17) is 0 Å². The van der Waals surface area contributed by atoms with Crippen molar-refractivity contribution in [2.24, 2.45) is 0 Å². The van der Waals surface area contributed by atoms with E-state index in [1.807, 2.05) is 29.6 Å². The monoisotopic (exact) mass is 427 g/mol. The Kier molecular flexibility index (Phi) is 5.53. The topological polar surface area (TPSA) is 73.2 Å². The van der Waals surface area contributed by atoms with E-state index in [0.29, 0.717) is 16.8 Å². The van der Waals surface area contributed by atoms with Crippen LogP contribution in [0, 0.1) is 0 Å². The number of aromatic nitrogens is 2. The van der Waals surface area contributed by atoms with Gasteiger partial charge in [-0.3, -0.25) is 9.59 Å². The zero-order chi connectivity index (χ0) is 21.1. The van der Waals surface area contributed by atoms with Crippen molar-refractivity contribution in [3.63, 3.8) is 0 Å². The third kappa shape index (κ3) is 4.20. The first kappa shape index (κ1) is 19.7. The van der Waals surface area contributed by atoms with E-state index in [2.05, 4.69) is 15.2 Å². The molecule has 0 radical (unpaired) electrons. The summed E-state index contributed by atoms with van der Waals surface area (Å²) < 4.78 is 29.9. The van der Waals surface area contributed by atoms with Crippen LogP contribution in [0.1, 0.15) is 0 Å². The number of thiophene rings is 1. The molecular formula is C21H15F2N3O3S. The van der Waals surface area contributed by atoms with Crippen LogP contribution in [0.3, 0.4) is 0 Å². The molecule has 2 heterocycles. The van der Waals surface area contributed by atoms with Gasteiger partial charge in [-0.2, -0.15) is 13.9 Å². The molecule has 0 aliphatic carbocycles. The maximum atomic E-state index is 12.8. The number of nitrogens with zero attached hydrogens (tertiary/aromatic N) is 2. The lowest BCUT2D eigenvalue weighted by Gasteiger charge is -2.11. The molecule has 1 N–H and O–H groups in total. The van der Waals surface area contributed by atoms with E-state index in [1.165, 1.54) is 35.6 Å². The molecule has 1 amide bonds. The van der Waals surface area contributed by atoms with E-state index in [0.717, 1.165) is 14.9 Å². The van der Waals surface area contributed by atoms with Gasteiger partial charge >= 0.3 is 6.61 Å². The SMILES string of the molecule is O=C(Cn1nc(-c2cccs2)c2ccccc2c1=O)Nc1ccc(OC(F)F)cc1. The molecule has 4 aromatic rings. The van der Waals surface area contributed by atoms with Gasteiger partial charge in [0.1, 0.15) is 18.0 Å². The lowest BCUT2D eigenvalue weighted by atomic mass is 10.1. The molecule has 0 unspecified atom stereocenters. The number of amides is 1. The largest absolute Gasteiger partial charge is 0.435 e. The van der Waals surface area contributed by atoms with E-state index in [-0.39, 0.29) is 17.9 Å². The van der Waals surface area contributed by atoms with Crippen molar-refractivity contribution in [2.45, 2.75) is 13.2 Å². The van der Waals surface area contributed by atoms with Crippen molar-refractivity contribution in [3.8, 4) is 16.3 Å². The summed E-state index contributed by atoms with van der Waals surface area (Å²) in [6.45, 7) is -3.22. The zero-order valence-electron chi connectivity index (χ0n) is 15.4. The van der Waals surface area contributed by atoms with Gasteiger partial charge in [-0.05, 0) is 41.8 Å². The van der Waals surface area contributed by atoms with Gasteiger partial charge in [-0.15, -0.1) is 11.3 Å². The number of alkyl halides is 2. The fourth-order valence-electron chi connectivity index (χ4n) is 2.99. The highest BCUT2D eigenvalue weighted by Crippen LogP contribution is 2.28. The summed E-state index contributed by atoms with van der Waals surface area (Å²) in [6.07, 6.45) is 0. The van der Waals surface area contributed by atoms with Gasteiger partial charge in [0.05, 0.1) is 10.3 Å². The standard InChI is InChI=1S/C21H15F2N3O3S/c22-21(23)29-14-9-7-13(8-10-14)24-18(27)12-26-20(28)16-5-2-1-4-15(16)19(25-26)17-6-3-11-30-17/h1-11,21H,12H2,(H,24,27). The van der Waals surface area contributed by atoms with Crippen molar-refractivity contribution in [1.29, 1.82) is 0 Å². The highest BCUT2D eigenvalue weighted by Gasteiger charge is 2.15. The lowest BCUT2D eigenvalue weighted by Crippen LogP contribution is -2.30. The quantitative estimate of drug-likeness (QED) is 0.496. The van der Waals surface area contributed by atoms with Crippen LogP contribution in [-0.2, 0) is 11.3 Å². The summed E-state index contributed by atoms with van der Waals surface area (Å²) in [5.41, 5.74) is 0.636. The Morgan fingerprint density at radius 1 is 1.07 bits per heavy atom. The van der Waals surface area contributed by atoms with Gasteiger partial charge in [0.2, 0.25) is 5.91 Å². The molecule has 2 aromatic carbocycles. The molecular weight excluding hydrogens is 412 g/mol. The maximum absolute atomic E-state index is 12.8. The first-order valence-corrected chi connectivity index (χ1v) is 9.78. The Balaban J connectivity index is 1.60. The van der Waals surface area contributed by atoms with Crippen LogP contribution < -0.4 is 15.6 Å². The van der Waals surface area contributed by atoms with Gasteiger partial charge in [0, 0.05) is 11.1 Å². The van der Waals surface area contributed by atoms with E-state index >= 15 is 0 Å². The number of hydrogen-bond acceptors (Lipinski definition) is 5. The first-order valence-electron chi connectivity index (χ1n) is 8.90. The molecule has 9 heteroatoms. The molecule has 0 fully saturated rings. The number of fused-ring (bicyclic) bond motifs is 1. The van der Waals surface area contributed by atoms with E-state index in [1.54, 1.807) is 12.1 Å². The number of hydrogen-bond donors (Lipinski definition) is 1. The van der Waals surface area contributed by atoms with Crippen LogP contribution in [0.25, 0.3) is 21.3 Å². The summed E-state index contributed by atoms with van der Waals surface area (Å²) in [5.74, 6) is -0.490. The van der Waals surface area contributed by atoms with Crippen molar-refractivity contribution in [3.05, 3.63) is 76.4 Å². The highest BCUT2D eigenvalue weighted by atomic mass is 32.1. The predicted octanol–water partition coefficient (Wildman–Crippen LogP) is 4.37. The van der Waals surface area contributed by atoms with Crippen molar-refractivity contribution in [1.82, 2.24) is 9.78 Å². The Bertz CT molecular complexity index is 1240. The third-order valence-electron chi connectivity index (χ3n) is 4.28. The number of nitrogens with one attached hydrogen (secondary N) is 1. The molecule has 0 bridgehead atoms. The van der Waals surface area contributed by atoms with Crippen molar-refractivity contribution >= 4 is 33.7 Å². The molecule has 30 heavy (non-hydrogen) atoms. The van der Waals surface area contributed by atoms with E-state index in [9.17, 15) is 18.4 Å². The van der Waals surface area contributed by atoms with Gasteiger partial charge < -0.3 is 10.1 Å². The number of benzene rings is 2. The molecule has 2 aromatic heterocycles. The number of rotatable bonds is 6. The zero-order valence-corrected chi connectivity index (χ0v) is 16.2. The number of anilines is 1. The summed E-state index contributed by atoms with van der Waals surface area (Å²) in [6, 6.07) is 16.4. The van der Waals surface area contributed by atoms with Crippen LogP contribution in [0.4, 0.5) is 14.5 Å². The number of ether oxygens (including phenoxy) is 1. The molecule has 0 aliphatic rings. The van der Waals surface area contributed by atoms with E-state index < -0.39 is 12.5 Å². The second-order valence-electron chi connectivity index (χ2n) is 6.29. The lowest BCUT2D eigenvalue weighted by molar-refractivity contribution is -0.117. The fourth-order valence-corrected chi connectivity index (χ4v) is 3.72. The molecule has 0 saturated heterocycles. The smallest absolute Gasteiger partial charge is 0.387 e. The molecule has 152 valence electrons. The molecule has 6 nitrogen and oxygen atoms in total. The maximum Gasteiger partial charge on any atom is 0.387 e. The molecule has 0 spiro atoms. The Morgan fingerprint density at radius 3 is 2.47 bits per heavy atom. The summed E-state index contributed by atoms with van der Waals surface area (Å²) in [5, 5.41) is 10.1. The normalized spacial score (nSPS) is 11.0. The van der Waals surface area contributed by atoms with Crippen LogP contribution in [0.15, 0.2) is 70.8 Å². The Hall–Kier alpha value is -3.59. The van der Waals surface area contributed by atoms with Crippen LogP contribution in [-0.4, -0.2) is 22.3 Å². The number of carbonyl (C=O) groups is 1. The second-order valence-corrected chi connectivity index (χ2v) is 7.23. The minimum atomic E-state index is -2.92. The van der Waals surface area contributed by atoms with Crippen molar-refractivity contribution in [2.75, 3.05) is 5.32 Å². The third-order valence-corrected chi connectivity index (χ3v) is 5.16. The van der Waals surface area contributed by atoms with Gasteiger partial charge in [-0.1, -0.05) is 24.3 Å². The number of halogens is 2. The summed E-state index contributed by atoms with van der Waals surface area (Å²) in [7, 11) is 0. The minimum Gasteiger partial charge on any atom is -0.435 e. The highest BCUT2D eigenvalue weighted by molar-refractivity contribution is 7.13. The fraction of sp³-hybridized carbons (Fsp3) is 0.0952. The van der Waals surface area contributed by atoms with Gasteiger partial charge in [-0.25, -0.2) is 4.68 Å². The van der Waals surface area contributed by atoms with Crippen molar-refractivity contribution < 1.29 is 18.3 Å². The molecule has 0 atom stereocenters. The van der Waals surface area contributed by atoms with Crippen LogP contribution in [0.5, 0.6) is 5.75 Å². The Morgan fingerprint density at radius 2 is 1.80 bits per heavy atom.